The zero-order valence-electron chi connectivity index (χ0n) is 12.7. The van der Waals surface area contributed by atoms with Gasteiger partial charge >= 0.3 is 5.97 Å². The van der Waals surface area contributed by atoms with Crippen LogP contribution >= 0.6 is 12.2 Å². The third-order valence-electron chi connectivity index (χ3n) is 2.84. The maximum absolute atomic E-state index is 10.5. The van der Waals surface area contributed by atoms with Crippen molar-refractivity contribution >= 4 is 23.7 Å². The molecule has 21 heavy (non-hydrogen) atoms. The first-order valence-corrected chi connectivity index (χ1v) is 7.20. The summed E-state index contributed by atoms with van der Waals surface area (Å²) in [6.07, 6.45) is 0.764. The van der Waals surface area contributed by atoms with Crippen molar-refractivity contribution < 1.29 is 19.7 Å². The molecule has 0 saturated heterocycles. The van der Waals surface area contributed by atoms with E-state index in [0.29, 0.717) is 0 Å². The summed E-state index contributed by atoms with van der Waals surface area (Å²) < 4.78 is 4.87. The Morgan fingerprint density at radius 2 is 2.10 bits per heavy atom. The van der Waals surface area contributed by atoms with E-state index in [1.165, 1.54) is 12.1 Å². The number of nitrogens with zero attached hydrogens (tertiary/aromatic N) is 1. The fourth-order valence-corrected chi connectivity index (χ4v) is 1.72. The summed E-state index contributed by atoms with van der Waals surface area (Å²) >= 11 is 4.73. The number of ether oxygens (including phenoxy) is 1. The van der Waals surface area contributed by atoms with Gasteiger partial charge < -0.3 is 19.8 Å². The SMILES string of the molecule is CCN(C=S)CCOC.CCc1ccc(O)c(C(=O)O)c1. The minimum Gasteiger partial charge on any atom is -0.507 e. The van der Waals surface area contributed by atoms with Gasteiger partial charge in [-0.15, -0.1) is 0 Å². The van der Waals surface area contributed by atoms with E-state index in [0.717, 1.165) is 31.7 Å². The molecule has 0 heterocycles. The van der Waals surface area contributed by atoms with Crippen molar-refractivity contribution in [1.29, 1.82) is 0 Å². The number of carbonyl (C=O) groups is 1. The van der Waals surface area contributed by atoms with Gasteiger partial charge in [0.05, 0.1) is 12.1 Å². The molecule has 0 unspecified atom stereocenters. The molecule has 0 aliphatic heterocycles. The molecule has 0 aliphatic carbocycles. The van der Waals surface area contributed by atoms with Crippen molar-refractivity contribution in [3.8, 4) is 5.75 Å². The Morgan fingerprint density at radius 1 is 1.43 bits per heavy atom. The van der Waals surface area contributed by atoms with E-state index >= 15 is 0 Å². The maximum atomic E-state index is 10.5. The zero-order chi connectivity index (χ0) is 16.3. The van der Waals surface area contributed by atoms with Crippen LogP contribution in [0.3, 0.4) is 0 Å². The number of rotatable bonds is 7. The Morgan fingerprint density at radius 3 is 2.52 bits per heavy atom. The van der Waals surface area contributed by atoms with Gasteiger partial charge in [-0.25, -0.2) is 4.79 Å². The molecular formula is C15H23NO4S. The molecule has 0 bridgehead atoms. The molecule has 118 valence electrons. The predicted molar refractivity (Wildman–Crippen MR) is 87.2 cm³/mol. The zero-order valence-corrected chi connectivity index (χ0v) is 13.5. The molecule has 1 aromatic carbocycles. The first kappa shape index (κ1) is 19.3. The van der Waals surface area contributed by atoms with E-state index in [4.69, 9.17) is 27.2 Å². The van der Waals surface area contributed by atoms with Crippen LogP contribution in [0.25, 0.3) is 0 Å². The second-order valence-corrected chi connectivity index (χ2v) is 4.45. The average molecular weight is 313 g/mol. The minimum atomic E-state index is -1.09. The van der Waals surface area contributed by atoms with Crippen LogP contribution in [0.15, 0.2) is 18.2 Å². The number of thiocarbonyl (C=S) groups is 1. The summed E-state index contributed by atoms with van der Waals surface area (Å²) in [6, 6.07) is 4.60. The molecule has 2 N–H and O–H groups in total. The van der Waals surface area contributed by atoms with Gasteiger partial charge in [-0.05, 0) is 31.0 Å². The third kappa shape index (κ3) is 7.63. The first-order valence-electron chi connectivity index (χ1n) is 6.73. The van der Waals surface area contributed by atoms with Crippen LogP contribution in [0, 0.1) is 0 Å². The number of hydrogen-bond acceptors (Lipinski definition) is 4. The van der Waals surface area contributed by atoms with Crippen molar-refractivity contribution in [2.24, 2.45) is 0 Å². The van der Waals surface area contributed by atoms with Crippen molar-refractivity contribution in [1.82, 2.24) is 4.90 Å². The second-order valence-electron chi connectivity index (χ2n) is 4.24. The van der Waals surface area contributed by atoms with Gasteiger partial charge in [0, 0.05) is 20.2 Å². The first-order chi connectivity index (χ1) is 9.99. The van der Waals surface area contributed by atoms with Gasteiger partial charge in [-0.2, -0.15) is 0 Å². The number of aromatic carboxylic acids is 1. The van der Waals surface area contributed by atoms with E-state index in [-0.39, 0.29) is 11.3 Å². The van der Waals surface area contributed by atoms with Crippen LogP contribution in [-0.4, -0.2) is 53.4 Å². The summed E-state index contributed by atoms with van der Waals surface area (Å²) in [5.74, 6) is -1.28. The number of carboxylic acids is 1. The van der Waals surface area contributed by atoms with Crippen molar-refractivity contribution in [2.75, 3.05) is 26.8 Å². The van der Waals surface area contributed by atoms with Gasteiger partial charge in [-0.3, -0.25) is 0 Å². The van der Waals surface area contributed by atoms with Crippen LogP contribution < -0.4 is 0 Å². The molecule has 1 rings (SSSR count). The van der Waals surface area contributed by atoms with Crippen LogP contribution in [0.2, 0.25) is 0 Å². The number of aryl methyl sites for hydroxylation is 1. The summed E-state index contributed by atoms with van der Waals surface area (Å²) in [4.78, 5) is 12.6. The molecule has 5 nitrogen and oxygen atoms in total. The lowest BCUT2D eigenvalue weighted by molar-refractivity contribution is 0.0693. The van der Waals surface area contributed by atoms with Gasteiger partial charge in [0.15, 0.2) is 0 Å². The Kier molecular flexibility index (Phi) is 10.2. The molecule has 0 amide bonds. The number of phenols is 1. The third-order valence-corrected chi connectivity index (χ3v) is 3.14. The molecule has 0 spiro atoms. The van der Waals surface area contributed by atoms with Gasteiger partial charge in [0.2, 0.25) is 0 Å². The monoisotopic (exact) mass is 313 g/mol. The van der Waals surface area contributed by atoms with Gasteiger partial charge in [0.25, 0.3) is 0 Å². The van der Waals surface area contributed by atoms with Crippen LogP contribution in [0.5, 0.6) is 5.75 Å². The number of aromatic hydroxyl groups is 1. The fourth-order valence-electron chi connectivity index (χ4n) is 1.47. The number of hydrogen-bond donors (Lipinski definition) is 2. The topological polar surface area (TPSA) is 70.0 Å². The van der Waals surface area contributed by atoms with Crippen LogP contribution in [0.4, 0.5) is 0 Å². The van der Waals surface area contributed by atoms with E-state index in [1.807, 2.05) is 11.8 Å². The maximum Gasteiger partial charge on any atom is 0.339 e. The number of methoxy groups -OCH3 is 1. The minimum absolute atomic E-state index is 0.0330. The largest absolute Gasteiger partial charge is 0.507 e. The number of carboxylic acid groups (broad SMARTS) is 1. The fraction of sp³-hybridized carbons (Fsp3) is 0.467. The predicted octanol–water partition coefficient (Wildman–Crippen LogP) is 2.56. The average Bonchev–Trinajstić information content (AvgIpc) is 2.49. The molecule has 0 fully saturated rings. The summed E-state index contributed by atoms with van der Waals surface area (Å²) in [5, 5.41) is 17.7. The standard InChI is InChI=1S/C9H10O3.C6H13NOS/c1-2-6-3-4-8(10)7(5-6)9(11)12;1-3-7(6-9)4-5-8-2/h3-5,10H,2H2,1H3,(H,11,12);6H,3-5H2,1-2H3. The molecule has 1 aromatic rings. The smallest absolute Gasteiger partial charge is 0.339 e. The highest BCUT2D eigenvalue weighted by Crippen LogP contribution is 2.18. The highest BCUT2D eigenvalue weighted by molar-refractivity contribution is 7.78. The van der Waals surface area contributed by atoms with E-state index < -0.39 is 5.97 Å². The molecule has 0 radical (unpaired) electrons. The quantitative estimate of drug-likeness (QED) is 0.754. The molecule has 0 aromatic heterocycles. The Balaban J connectivity index is 0.000000400. The summed E-state index contributed by atoms with van der Waals surface area (Å²) in [7, 11) is 1.69. The highest BCUT2D eigenvalue weighted by atomic mass is 32.1. The molecule has 0 aliphatic rings. The lowest BCUT2D eigenvalue weighted by atomic mass is 10.1. The lowest BCUT2D eigenvalue weighted by Gasteiger charge is -2.14. The highest BCUT2D eigenvalue weighted by Gasteiger charge is 2.08. The van der Waals surface area contributed by atoms with Crippen LogP contribution in [-0.2, 0) is 11.2 Å². The summed E-state index contributed by atoms with van der Waals surface area (Å²) in [6.45, 7) is 6.61. The van der Waals surface area contributed by atoms with Crippen molar-refractivity contribution in [3.63, 3.8) is 0 Å². The Bertz CT molecular complexity index is 451. The molecule has 0 saturated carbocycles. The number of benzene rings is 1. The van der Waals surface area contributed by atoms with Crippen LogP contribution in [0.1, 0.15) is 29.8 Å². The lowest BCUT2D eigenvalue weighted by Crippen LogP contribution is -2.24. The molecule has 6 heteroatoms. The van der Waals surface area contributed by atoms with E-state index in [2.05, 4.69) is 6.92 Å². The van der Waals surface area contributed by atoms with Gasteiger partial charge in [0.1, 0.15) is 11.3 Å². The van der Waals surface area contributed by atoms with Crippen molar-refractivity contribution in [3.05, 3.63) is 29.3 Å². The van der Waals surface area contributed by atoms with E-state index in [9.17, 15) is 4.79 Å². The Hall–Kier alpha value is -1.66. The van der Waals surface area contributed by atoms with Crippen molar-refractivity contribution in [2.45, 2.75) is 20.3 Å². The normalized spacial score (nSPS) is 9.48. The number of likely N-dealkylation sites (N-methyl/N-ethyl adjacent to an activating group) is 1. The molecule has 0 atom stereocenters. The second kappa shape index (κ2) is 11.0. The summed E-state index contributed by atoms with van der Waals surface area (Å²) in [5.41, 5.74) is 2.54. The Labute approximate surface area is 131 Å². The van der Waals surface area contributed by atoms with Gasteiger partial charge in [-0.1, -0.05) is 25.2 Å². The molecular weight excluding hydrogens is 290 g/mol. The van der Waals surface area contributed by atoms with E-state index in [1.54, 1.807) is 18.7 Å².